The first-order chi connectivity index (χ1) is 11.1. The quantitative estimate of drug-likeness (QED) is 0.806. The van der Waals surface area contributed by atoms with E-state index in [1.807, 2.05) is 0 Å². The lowest BCUT2D eigenvalue weighted by Crippen LogP contribution is -2.42. The molecular weight excluding hydrogens is 314 g/mol. The summed E-state index contributed by atoms with van der Waals surface area (Å²) in [5.41, 5.74) is 6.40. The van der Waals surface area contributed by atoms with E-state index in [1.165, 1.54) is 6.42 Å². The first-order valence-corrected chi connectivity index (χ1v) is 8.31. The molecular formula is C17H20ClN3O2. The van der Waals surface area contributed by atoms with Crippen molar-refractivity contribution in [3.8, 4) is 0 Å². The molecule has 2 aromatic rings. The molecule has 0 bridgehead atoms. The lowest BCUT2D eigenvalue weighted by Gasteiger charge is -2.26. The molecule has 1 aliphatic rings. The summed E-state index contributed by atoms with van der Waals surface area (Å²) in [4.78, 5) is 26.8. The number of hydrogen-bond donors (Lipinski definition) is 3. The van der Waals surface area contributed by atoms with E-state index in [0.717, 1.165) is 31.1 Å². The number of amides is 1. The van der Waals surface area contributed by atoms with Crippen LogP contribution in [0.4, 0.5) is 5.69 Å². The molecule has 0 saturated heterocycles. The highest BCUT2D eigenvalue weighted by molar-refractivity contribution is 6.34. The van der Waals surface area contributed by atoms with Crippen molar-refractivity contribution in [2.75, 3.05) is 5.32 Å². The molecule has 1 atom stereocenters. The normalized spacial score (nSPS) is 17.1. The van der Waals surface area contributed by atoms with Crippen molar-refractivity contribution in [3.05, 3.63) is 39.8 Å². The van der Waals surface area contributed by atoms with E-state index in [9.17, 15) is 9.59 Å². The number of aromatic amines is 1. The highest BCUT2D eigenvalue weighted by atomic mass is 35.5. The molecule has 0 unspecified atom stereocenters. The number of carbonyl (C=O) groups is 1. The molecule has 0 radical (unpaired) electrons. The fourth-order valence-electron chi connectivity index (χ4n) is 3.23. The maximum atomic E-state index is 12.4. The number of carbonyl (C=O) groups excluding carboxylic acids is 1. The average molecular weight is 334 g/mol. The minimum atomic E-state index is -0.527. The third-order valence-corrected chi connectivity index (χ3v) is 4.89. The van der Waals surface area contributed by atoms with Crippen LogP contribution in [0.2, 0.25) is 5.02 Å². The van der Waals surface area contributed by atoms with Crippen LogP contribution < -0.4 is 16.6 Å². The zero-order valence-electron chi connectivity index (χ0n) is 12.8. The zero-order chi connectivity index (χ0) is 16.4. The van der Waals surface area contributed by atoms with E-state index < -0.39 is 6.04 Å². The third kappa shape index (κ3) is 3.41. The second kappa shape index (κ2) is 6.72. The number of fused-ring (bicyclic) bond motifs is 1. The number of anilines is 1. The van der Waals surface area contributed by atoms with Gasteiger partial charge in [-0.2, -0.15) is 0 Å². The Morgan fingerprint density at radius 2 is 2.04 bits per heavy atom. The van der Waals surface area contributed by atoms with Gasteiger partial charge in [0.15, 0.2) is 0 Å². The van der Waals surface area contributed by atoms with Crippen molar-refractivity contribution < 1.29 is 4.79 Å². The number of nitrogens with two attached hydrogens (primary N) is 1. The Bertz CT molecular complexity index is 781. The molecule has 1 aromatic heterocycles. The summed E-state index contributed by atoms with van der Waals surface area (Å²) in [5, 5.41) is 4.36. The molecule has 1 aliphatic carbocycles. The summed E-state index contributed by atoms with van der Waals surface area (Å²) in [6.45, 7) is 0. The number of aromatic nitrogens is 1. The van der Waals surface area contributed by atoms with Crippen LogP contribution in [0.1, 0.15) is 32.1 Å². The third-order valence-electron chi connectivity index (χ3n) is 4.58. The monoisotopic (exact) mass is 333 g/mol. The minimum Gasteiger partial charge on any atom is -0.329 e. The van der Waals surface area contributed by atoms with Crippen LogP contribution in [0.15, 0.2) is 29.2 Å². The van der Waals surface area contributed by atoms with Crippen molar-refractivity contribution in [1.29, 1.82) is 0 Å². The molecule has 6 heteroatoms. The van der Waals surface area contributed by atoms with Gasteiger partial charge in [0.25, 0.3) is 5.56 Å². The van der Waals surface area contributed by atoms with Crippen LogP contribution in [0.5, 0.6) is 0 Å². The van der Waals surface area contributed by atoms with E-state index >= 15 is 0 Å². The second-order valence-electron chi connectivity index (χ2n) is 6.14. The lowest BCUT2D eigenvalue weighted by molar-refractivity contribution is -0.118. The molecule has 5 nitrogen and oxygen atoms in total. The standard InChI is InChI=1S/C17H20ClN3O2/c18-13-9-12-11(6-7-20-16(12)22)8-14(13)21-17(23)15(19)10-4-2-1-3-5-10/h6-10,15H,1-5,19H2,(H,20,22)(H,21,23)/t15-/m0/s1. The minimum absolute atomic E-state index is 0.207. The number of rotatable bonds is 3. The van der Waals surface area contributed by atoms with E-state index in [-0.39, 0.29) is 17.4 Å². The highest BCUT2D eigenvalue weighted by Gasteiger charge is 2.26. The highest BCUT2D eigenvalue weighted by Crippen LogP contribution is 2.29. The van der Waals surface area contributed by atoms with Crippen LogP contribution in [0.25, 0.3) is 10.8 Å². The van der Waals surface area contributed by atoms with E-state index in [1.54, 1.807) is 24.4 Å². The molecule has 4 N–H and O–H groups in total. The average Bonchev–Trinajstić information content (AvgIpc) is 2.56. The van der Waals surface area contributed by atoms with Crippen molar-refractivity contribution in [2.24, 2.45) is 11.7 Å². The van der Waals surface area contributed by atoms with E-state index in [0.29, 0.717) is 16.1 Å². The van der Waals surface area contributed by atoms with Crippen molar-refractivity contribution in [3.63, 3.8) is 0 Å². The SMILES string of the molecule is N[C@H](C(=O)Nc1cc2cc[nH]c(=O)c2cc1Cl)C1CCCCC1. The Hall–Kier alpha value is -1.85. The van der Waals surface area contributed by atoms with Crippen molar-refractivity contribution in [2.45, 2.75) is 38.1 Å². The maximum Gasteiger partial charge on any atom is 0.255 e. The zero-order valence-corrected chi connectivity index (χ0v) is 13.5. The molecule has 0 aliphatic heterocycles. The lowest BCUT2D eigenvalue weighted by atomic mass is 9.84. The number of nitrogens with one attached hydrogen (secondary N) is 2. The van der Waals surface area contributed by atoms with E-state index in [2.05, 4.69) is 10.3 Å². The van der Waals surface area contributed by atoms with Crippen LogP contribution in [-0.2, 0) is 4.79 Å². The molecule has 1 heterocycles. The van der Waals surface area contributed by atoms with Gasteiger partial charge in [0.05, 0.1) is 16.8 Å². The molecule has 1 aromatic carbocycles. The first kappa shape index (κ1) is 16.0. The molecule has 122 valence electrons. The summed E-state index contributed by atoms with van der Waals surface area (Å²) in [5.74, 6) is 0.00816. The van der Waals surface area contributed by atoms with Crippen LogP contribution >= 0.6 is 11.6 Å². The molecule has 3 rings (SSSR count). The number of hydrogen-bond acceptors (Lipinski definition) is 3. The van der Waals surface area contributed by atoms with Gasteiger partial charge in [0, 0.05) is 11.6 Å². The Morgan fingerprint density at radius 3 is 2.78 bits per heavy atom. The topological polar surface area (TPSA) is 88.0 Å². The van der Waals surface area contributed by atoms with Crippen LogP contribution in [0, 0.1) is 5.92 Å². The van der Waals surface area contributed by atoms with Gasteiger partial charge < -0.3 is 16.0 Å². The largest absolute Gasteiger partial charge is 0.329 e. The summed E-state index contributed by atoms with van der Waals surface area (Å²) in [7, 11) is 0. The maximum absolute atomic E-state index is 12.4. The second-order valence-corrected chi connectivity index (χ2v) is 6.55. The Balaban J connectivity index is 1.81. The molecule has 23 heavy (non-hydrogen) atoms. The van der Waals surface area contributed by atoms with Gasteiger partial charge in [-0.3, -0.25) is 9.59 Å². The van der Waals surface area contributed by atoms with Gasteiger partial charge in [0.1, 0.15) is 0 Å². The van der Waals surface area contributed by atoms with Gasteiger partial charge in [0.2, 0.25) is 5.91 Å². The number of halogens is 1. The molecule has 1 fully saturated rings. The number of benzene rings is 1. The first-order valence-electron chi connectivity index (χ1n) is 7.93. The summed E-state index contributed by atoms with van der Waals surface area (Å²) in [6.07, 6.45) is 7.04. The van der Waals surface area contributed by atoms with E-state index in [4.69, 9.17) is 17.3 Å². The number of pyridine rings is 1. The van der Waals surface area contributed by atoms with Gasteiger partial charge in [-0.15, -0.1) is 0 Å². The Labute approximate surface area is 139 Å². The van der Waals surface area contributed by atoms with Gasteiger partial charge in [-0.05, 0) is 42.3 Å². The fraction of sp³-hybridized carbons (Fsp3) is 0.412. The van der Waals surface area contributed by atoms with Crippen LogP contribution in [0.3, 0.4) is 0 Å². The van der Waals surface area contributed by atoms with Gasteiger partial charge in [-0.1, -0.05) is 30.9 Å². The summed E-state index contributed by atoms with van der Waals surface area (Å²) >= 11 is 6.20. The van der Waals surface area contributed by atoms with Crippen LogP contribution in [-0.4, -0.2) is 16.9 Å². The molecule has 1 amide bonds. The van der Waals surface area contributed by atoms with Crippen molar-refractivity contribution >= 4 is 34.0 Å². The summed E-state index contributed by atoms with van der Waals surface area (Å²) in [6, 6.07) is 4.51. The number of H-pyrrole nitrogens is 1. The predicted octanol–water partition coefficient (Wildman–Crippen LogP) is 3.03. The van der Waals surface area contributed by atoms with Gasteiger partial charge in [-0.25, -0.2) is 0 Å². The predicted molar refractivity (Wildman–Crippen MR) is 92.8 cm³/mol. The van der Waals surface area contributed by atoms with Crippen molar-refractivity contribution in [1.82, 2.24) is 4.98 Å². The molecule has 1 saturated carbocycles. The Morgan fingerprint density at radius 1 is 1.30 bits per heavy atom. The van der Waals surface area contributed by atoms with Gasteiger partial charge >= 0.3 is 0 Å². The fourth-order valence-corrected chi connectivity index (χ4v) is 3.44. The smallest absolute Gasteiger partial charge is 0.255 e. The Kier molecular flexibility index (Phi) is 4.68. The summed E-state index contributed by atoms with van der Waals surface area (Å²) < 4.78 is 0. The molecule has 0 spiro atoms.